The summed E-state index contributed by atoms with van der Waals surface area (Å²) >= 11 is 0. The van der Waals surface area contributed by atoms with Crippen LogP contribution in [0.3, 0.4) is 0 Å². The highest BCUT2D eigenvalue weighted by Gasteiger charge is 2.39. The first-order valence-electron chi connectivity index (χ1n) is 26.9. The average Bonchev–Trinajstić information content (AvgIpc) is 4.34. The zero-order valence-electron chi connectivity index (χ0n) is 42.6. The van der Waals surface area contributed by atoms with Gasteiger partial charge in [-0.1, -0.05) is 188 Å². The SMILES string of the molecule is C1=CC2C(N(c3ccc4ccc5c(N(c6cn(-c7ccccc7)c7ccccc67)c6cn(-c7ccccc7)c7ccccc67)ccc6ccc3c4c65)c3cn(-c4ccccc4)c4ccccc34)=CN(c3ccccc3)C2C=C1. The van der Waals surface area contributed by atoms with Gasteiger partial charge in [0.2, 0.25) is 0 Å². The van der Waals surface area contributed by atoms with E-state index < -0.39 is 0 Å². The number of nitrogens with zero attached hydrogens (tertiary/aromatic N) is 6. The zero-order valence-corrected chi connectivity index (χ0v) is 42.6. The van der Waals surface area contributed by atoms with Crippen LogP contribution < -0.4 is 14.7 Å². The molecular formula is C72H50N6. The van der Waals surface area contributed by atoms with Gasteiger partial charge in [0.25, 0.3) is 0 Å². The van der Waals surface area contributed by atoms with E-state index in [0.29, 0.717) is 0 Å². The highest BCUT2D eigenvalue weighted by molar-refractivity contribution is 6.28. The molecule has 16 rings (SSSR count). The number of rotatable bonds is 10. The van der Waals surface area contributed by atoms with Crippen LogP contribution in [0.15, 0.2) is 297 Å². The van der Waals surface area contributed by atoms with Crippen molar-refractivity contribution in [3.8, 4) is 17.1 Å². The van der Waals surface area contributed by atoms with Crippen molar-refractivity contribution in [1.82, 2.24) is 13.7 Å². The summed E-state index contributed by atoms with van der Waals surface area (Å²) in [5, 5.41) is 10.8. The molecule has 0 bridgehead atoms. The van der Waals surface area contributed by atoms with E-state index in [9.17, 15) is 0 Å². The van der Waals surface area contributed by atoms with Crippen LogP contribution in [0, 0.1) is 5.92 Å². The number of allylic oxidation sites excluding steroid dienone is 2. The largest absolute Gasteiger partial charge is 0.338 e. The average molecular weight is 999 g/mol. The van der Waals surface area contributed by atoms with E-state index in [0.717, 1.165) is 72.8 Å². The maximum absolute atomic E-state index is 2.59. The Morgan fingerprint density at radius 1 is 0.295 bits per heavy atom. The Kier molecular flexibility index (Phi) is 9.97. The van der Waals surface area contributed by atoms with Crippen molar-refractivity contribution in [3.05, 3.63) is 297 Å². The van der Waals surface area contributed by atoms with Crippen molar-refractivity contribution < 1.29 is 0 Å². The molecule has 368 valence electrons. The molecule has 0 fully saturated rings. The fourth-order valence-electron chi connectivity index (χ4n) is 12.9. The van der Waals surface area contributed by atoms with Crippen LogP contribution in [0.5, 0.6) is 0 Å². The van der Waals surface area contributed by atoms with Gasteiger partial charge >= 0.3 is 0 Å². The summed E-state index contributed by atoms with van der Waals surface area (Å²) in [7, 11) is 0. The van der Waals surface area contributed by atoms with E-state index in [1.54, 1.807) is 0 Å². The molecule has 0 amide bonds. The lowest BCUT2D eigenvalue weighted by Gasteiger charge is -2.32. The predicted octanol–water partition coefficient (Wildman–Crippen LogP) is 18.5. The third kappa shape index (κ3) is 6.76. The van der Waals surface area contributed by atoms with Gasteiger partial charge in [0.05, 0.1) is 51.0 Å². The quantitative estimate of drug-likeness (QED) is 0.128. The van der Waals surface area contributed by atoms with E-state index in [-0.39, 0.29) is 12.0 Å². The normalized spacial score (nSPS) is 15.1. The summed E-state index contributed by atoms with van der Waals surface area (Å²) in [6, 6.07) is 88.5. The van der Waals surface area contributed by atoms with Gasteiger partial charge in [-0.05, 0) is 100 Å². The maximum Gasteiger partial charge on any atom is 0.0722 e. The van der Waals surface area contributed by atoms with Crippen LogP contribution >= 0.6 is 0 Å². The number of hydrogen-bond acceptors (Lipinski definition) is 3. The van der Waals surface area contributed by atoms with E-state index in [1.165, 1.54) is 49.1 Å². The molecule has 0 N–H and O–H groups in total. The molecule has 11 aromatic carbocycles. The summed E-state index contributed by atoms with van der Waals surface area (Å²) in [4.78, 5) is 7.58. The smallest absolute Gasteiger partial charge is 0.0722 e. The first-order chi connectivity index (χ1) is 38.7. The molecule has 3 aromatic heterocycles. The van der Waals surface area contributed by atoms with E-state index in [2.05, 4.69) is 320 Å². The second-order valence-electron chi connectivity index (χ2n) is 20.6. The third-order valence-corrected chi connectivity index (χ3v) is 16.4. The Labute approximate surface area is 451 Å². The minimum atomic E-state index is 0.0729. The molecule has 1 aliphatic carbocycles. The Morgan fingerprint density at radius 3 is 1.13 bits per heavy atom. The fourth-order valence-corrected chi connectivity index (χ4v) is 12.9. The first kappa shape index (κ1) is 44.0. The molecule has 6 nitrogen and oxygen atoms in total. The van der Waals surface area contributed by atoms with Crippen molar-refractivity contribution in [3.63, 3.8) is 0 Å². The van der Waals surface area contributed by atoms with Gasteiger partial charge in [0, 0.05) is 86.1 Å². The summed E-state index contributed by atoms with van der Waals surface area (Å²) in [5.41, 5.74) is 14.7. The number of hydrogen-bond donors (Lipinski definition) is 0. The number of para-hydroxylation sites is 7. The Balaban J connectivity index is 0.972. The second-order valence-corrected chi connectivity index (χ2v) is 20.6. The van der Waals surface area contributed by atoms with Crippen LogP contribution in [0.4, 0.5) is 34.1 Å². The molecule has 4 heterocycles. The molecular weight excluding hydrogens is 949 g/mol. The Hall–Kier alpha value is -10.3. The summed E-state index contributed by atoms with van der Waals surface area (Å²) in [5.74, 6) is 0.0729. The van der Waals surface area contributed by atoms with E-state index >= 15 is 0 Å². The molecule has 2 aliphatic rings. The van der Waals surface area contributed by atoms with Crippen LogP contribution in [-0.2, 0) is 0 Å². The van der Waals surface area contributed by atoms with Crippen molar-refractivity contribution in [2.45, 2.75) is 6.04 Å². The molecule has 2 atom stereocenters. The third-order valence-electron chi connectivity index (χ3n) is 16.4. The highest BCUT2D eigenvalue weighted by Crippen LogP contribution is 2.52. The highest BCUT2D eigenvalue weighted by atomic mass is 15.3. The maximum atomic E-state index is 2.59. The van der Waals surface area contributed by atoms with Gasteiger partial charge in [-0.15, -0.1) is 0 Å². The zero-order chi connectivity index (χ0) is 51.3. The lowest BCUT2D eigenvalue weighted by molar-refractivity contribution is 0.670. The molecule has 0 saturated heterocycles. The molecule has 6 heteroatoms. The molecule has 2 unspecified atom stereocenters. The monoisotopic (exact) mass is 998 g/mol. The number of fused-ring (bicyclic) bond motifs is 4. The van der Waals surface area contributed by atoms with Crippen LogP contribution in [-0.4, -0.2) is 19.7 Å². The minimum absolute atomic E-state index is 0.0729. The van der Waals surface area contributed by atoms with Crippen LogP contribution in [0.2, 0.25) is 0 Å². The van der Waals surface area contributed by atoms with Gasteiger partial charge in [-0.25, -0.2) is 0 Å². The fraction of sp³-hybridized carbons (Fsp3) is 0.0278. The topological polar surface area (TPSA) is 24.5 Å². The number of benzene rings is 11. The Bertz CT molecular complexity index is 4580. The van der Waals surface area contributed by atoms with Crippen molar-refractivity contribution in [2.75, 3.05) is 14.7 Å². The van der Waals surface area contributed by atoms with Crippen LogP contribution in [0.1, 0.15) is 0 Å². The summed E-state index contributed by atoms with van der Waals surface area (Å²) in [6.07, 6.45) is 18.6. The lowest BCUT2D eigenvalue weighted by Crippen LogP contribution is -2.32. The van der Waals surface area contributed by atoms with Gasteiger partial charge in [0.15, 0.2) is 0 Å². The van der Waals surface area contributed by atoms with E-state index in [1.807, 2.05) is 0 Å². The second kappa shape index (κ2) is 17.7. The molecule has 0 radical (unpaired) electrons. The summed E-state index contributed by atoms with van der Waals surface area (Å²) < 4.78 is 7.05. The van der Waals surface area contributed by atoms with Crippen molar-refractivity contribution in [2.24, 2.45) is 5.92 Å². The summed E-state index contributed by atoms with van der Waals surface area (Å²) in [6.45, 7) is 0. The van der Waals surface area contributed by atoms with Crippen molar-refractivity contribution in [1.29, 1.82) is 0 Å². The standard InChI is InChI=1S/C72H50N6/c1-5-21-51(22-6-1)73-45-67(55-29-13-17-33-61(55)73)77(68-46-74(52-23-7-2-8-24-52)62-34-18-14-30-56(62)68)65-43-39-49-38-42-60-66(44-40-50-37-41-59(65)71(49)72(50)60)78(69-47-75(53-25-9-3-10-26-53)63-35-19-15-31-57(63)69)70-48-76(54-27-11-4-12-28-54)64-36-20-16-32-58(64)70/h1-48,55,61H. The van der Waals surface area contributed by atoms with E-state index in [4.69, 9.17) is 0 Å². The molecule has 1 aliphatic heterocycles. The molecule has 0 saturated carbocycles. The van der Waals surface area contributed by atoms with Gasteiger partial charge < -0.3 is 28.4 Å². The Morgan fingerprint density at radius 2 is 0.667 bits per heavy atom. The predicted molar refractivity (Wildman–Crippen MR) is 326 cm³/mol. The van der Waals surface area contributed by atoms with Crippen LogP contribution in [0.25, 0.3) is 82.1 Å². The first-order valence-corrected chi connectivity index (χ1v) is 26.9. The number of anilines is 6. The van der Waals surface area contributed by atoms with Gasteiger partial charge in [0.1, 0.15) is 0 Å². The number of aromatic nitrogens is 3. The molecule has 14 aromatic rings. The lowest BCUT2D eigenvalue weighted by atomic mass is 9.90. The molecule has 78 heavy (non-hydrogen) atoms. The van der Waals surface area contributed by atoms with Gasteiger partial charge in [-0.2, -0.15) is 0 Å². The van der Waals surface area contributed by atoms with Crippen molar-refractivity contribution >= 4 is 99.2 Å². The molecule has 0 spiro atoms. The van der Waals surface area contributed by atoms with Gasteiger partial charge in [-0.3, -0.25) is 0 Å². The minimum Gasteiger partial charge on any atom is -0.338 e.